The number of hydrogen-bond acceptors (Lipinski definition) is 4. The van der Waals surface area contributed by atoms with Crippen molar-refractivity contribution >= 4 is 21.8 Å². The zero-order chi connectivity index (χ0) is 13.9. The van der Waals surface area contributed by atoms with Crippen LogP contribution in [0.15, 0.2) is 29.2 Å². The van der Waals surface area contributed by atoms with Gasteiger partial charge in [-0.25, -0.2) is 13.1 Å². The molecule has 0 amide bonds. The Morgan fingerprint density at radius 1 is 1.32 bits per heavy atom. The van der Waals surface area contributed by atoms with Gasteiger partial charge < -0.3 is 5.73 Å². The molecule has 0 aromatic heterocycles. The number of thioether (sulfide) groups is 1. The second kappa shape index (κ2) is 6.26. The van der Waals surface area contributed by atoms with E-state index in [-0.39, 0.29) is 6.04 Å². The molecule has 1 aromatic rings. The van der Waals surface area contributed by atoms with Crippen LogP contribution in [0.3, 0.4) is 0 Å². The summed E-state index contributed by atoms with van der Waals surface area (Å²) >= 11 is 1.74. The Hall–Kier alpha value is -0.560. The minimum Gasteiger partial charge on any atom is -0.326 e. The summed E-state index contributed by atoms with van der Waals surface area (Å²) in [7, 11) is -3.42. The van der Waals surface area contributed by atoms with E-state index in [1.807, 2.05) is 6.26 Å². The molecule has 1 saturated carbocycles. The number of rotatable bonds is 5. The lowest BCUT2D eigenvalue weighted by Gasteiger charge is -2.19. The Kier molecular flexibility index (Phi) is 4.89. The fourth-order valence-corrected chi connectivity index (χ4v) is 4.75. The van der Waals surface area contributed by atoms with E-state index in [9.17, 15) is 8.42 Å². The highest BCUT2D eigenvalue weighted by molar-refractivity contribution is 7.99. The largest absolute Gasteiger partial charge is 0.326 e. The predicted octanol–water partition coefficient (Wildman–Crippen LogP) is 1.71. The summed E-state index contributed by atoms with van der Waals surface area (Å²) in [5.74, 6) is 0. The van der Waals surface area contributed by atoms with Crippen LogP contribution in [0.2, 0.25) is 0 Å². The number of sulfonamides is 1. The highest BCUT2D eigenvalue weighted by atomic mass is 32.2. The summed E-state index contributed by atoms with van der Waals surface area (Å²) < 4.78 is 27.4. The van der Waals surface area contributed by atoms with E-state index in [0.717, 1.165) is 24.8 Å². The summed E-state index contributed by atoms with van der Waals surface area (Å²) in [6.45, 7) is 0.422. The van der Waals surface area contributed by atoms with Gasteiger partial charge in [-0.05, 0) is 36.8 Å². The van der Waals surface area contributed by atoms with Crippen molar-refractivity contribution in [1.82, 2.24) is 4.72 Å². The molecular weight excluding hydrogens is 280 g/mol. The van der Waals surface area contributed by atoms with Crippen LogP contribution in [0.5, 0.6) is 0 Å². The lowest BCUT2D eigenvalue weighted by molar-refractivity contribution is 0.555. The quantitative estimate of drug-likeness (QED) is 0.868. The van der Waals surface area contributed by atoms with Crippen molar-refractivity contribution in [2.45, 2.75) is 42.0 Å². The maximum atomic E-state index is 12.3. The van der Waals surface area contributed by atoms with E-state index in [0.29, 0.717) is 16.7 Å². The average molecular weight is 300 g/mol. The third kappa shape index (κ3) is 3.51. The monoisotopic (exact) mass is 300 g/mol. The molecule has 0 radical (unpaired) electrons. The first-order valence-corrected chi connectivity index (χ1v) is 9.18. The highest BCUT2D eigenvalue weighted by Crippen LogP contribution is 2.29. The zero-order valence-corrected chi connectivity index (χ0v) is 12.6. The molecule has 19 heavy (non-hydrogen) atoms. The molecule has 0 saturated heterocycles. The van der Waals surface area contributed by atoms with E-state index >= 15 is 0 Å². The van der Waals surface area contributed by atoms with Crippen LogP contribution in [0, 0.1) is 0 Å². The summed E-state index contributed by atoms with van der Waals surface area (Å²) in [4.78, 5) is 0.316. The molecule has 0 heterocycles. The van der Waals surface area contributed by atoms with Crippen molar-refractivity contribution in [3.63, 3.8) is 0 Å². The molecule has 6 heteroatoms. The summed E-state index contributed by atoms with van der Waals surface area (Å²) in [5, 5.41) is 0.387. The van der Waals surface area contributed by atoms with E-state index < -0.39 is 10.0 Å². The molecule has 3 N–H and O–H groups in total. The van der Waals surface area contributed by atoms with Gasteiger partial charge in [-0.3, -0.25) is 0 Å². The minimum absolute atomic E-state index is 0.0502. The van der Waals surface area contributed by atoms with Crippen LogP contribution in [-0.4, -0.2) is 26.0 Å². The van der Waals surface area contributed by atoms with Crippen molar-refractivity contribution in [3.8, 4) is 0 Å². The standard InChI is InChI=1S/C13H20N2O2S2/c1-18-13-4-2-3-12(13)15-19(16,17)11-7-5-10(9-14)6-8-11/h5-8,12-13,15H,2-4,9,14H2,1H3. The molecule has 0 bridgehead atoms. The van der Waals surface area contributed by atoms with Gasteiger partial charge in [0.2, 0.25) is 10.0 Å². The highest BCUT2D eigenvalue weighted by Gasteiger charge is 2.30. The Balaban J connectivity index is 2.13. The third-order valence-electron chi connectivity index (χ3n) is 3.53. The van der Waals surface area contributed by atoms with Gasteiger partial charge in [-0.15, -0.1) is 0 Å². The van der Waals surface area contributed by atoms with Gasteiger partial charge in [0.25, 0.3) is 0 Å². The second-order valence-corrected chi connectivity index (χ2v) is 7.57. The van der Waals surface area contributed by atoms with Crippen LogP contribution < -0.4 is 10.5 Å². The molecule has 2 atom stereocenters. The maximum Gasteiger partial charge on any atom is 0.240 e. The van der Waals surface area contributed by atoms with Crippen LogP contribution >= 0.6 is 11.8 Å². The van der Waals surface area contributed by atoms with Crippen molar-refractivity contribution in [2.24, 2.45) is 5.73 Å². The van der Waals surface area contributed by atoms with Gasteiger partial charge in [0.05, 0.1) is 4.90 Å². The van der Waals surface area contributed by atoms with Gasteiger partial charge in [0.1, 0.15) is 0 Å². The summed E-state index contributed by atoms with van der Waals surface area (Å²) in [6.07, 6.45) is 5.13. The molecule has 4 nitrogen and oxygen atoms in total. The van der Waals surface area contributed by atoms with Gasteiger partial charge in [0.15, 0.2) is 0 Å². The molecule has 1 aliphatic carbocycles. The summed E-state index contributed by atoms with van der Waals surface area (Å²) in [6, 6.07) is 6.81. The fourth-order valence-electron chi connectivity index (χ4n) is 2.41. The van der Waals surface area contributed by atoms with Crippen LogP contribution in [0.1, 0.15) is 24.8 Å². The topological polar surface area (TPSA) is 72.2 Å². The number of hydrogen-bond donors (Lipinski definition) is 2. The second-order valence-electron chi connectivity index (χ2n) is 4.78. The Labute approximate surface area is 119 Å². The Bertz CT molecular complexity index is 514. The Morgan fingerprint density at radius 3 is 2.58 bits per heavy atom. The summed E-state index contributed by atoms with van der Waals surface area (Å²) in [5.41, 5.74) is 6.44. The molecule has 1 fully saturated rings. The van der Waals surface area contributed by atoms with Gasteiger partial charge >= 0.3 is 0 Å². The maximum absolute atomic E-state index is 12.3. The van der Waals surface area contributed by atoms with Crippen molar-refractivity contribution in [1.29, 1.82) is 0 Å². The molecule has 1 aromatic carbocycles. The van der Waals surface area contributed by atoms with Gasteiger partial charge in [0, 0.05) is 17.8 Å². The van der Waals surface area contributed by atoms with Crippen molar-refractivity contribution in [2.75, 3.05) is 6.26 Å². The number of nitrogens with two attached hydrogens (primary N) is 1. The first kappa shape index (κ1) is 14.8. The first-order valence-electron chi connectivity index (χ1n) is 6.41. The smallest absolute Gasteiger partial charge is 0.240 e. The van der Waals surface area contributed by atoms with Crippen LogP contribution in [0.25, 0.3) is 0 Å². The van der Waals surface area contributed by atoms with Crippen LogP contribution in [-0.2, 0) is 16.6 Å². The molecule has 106 valence electrons. The Morgan fingerprint density at radius 2 is 2.00 bits per heavy atom. The van der Waals surface area contributed by atoms with E-state index in [4.69, 9.17) is 5.73 Å². The first-order chi connectivity index (χ1) is 9.06. The fraction of sp³-hybridized carbons (Fsp3) is 0.538. The minimum atomic E-state index is -3.42. The molecule has 0 spiro atoms. The van der Waals surface area contributed by atoms with Gasteiger partial charge in [-0.2, -0.15) is 11.8 Å². The number of nitrogens with one attached hydrogen (secondary N) is 1. The predicted molar refractivity (Wildman–Crippen MR) is 79.6 cm³/mol. The lowest BCUT2D eigenvalue weighted by Crippen LogP contribution is -2.38. The van der Waals surface area contributed by atoms with Crippen molar-refractivity contribution in [3.05, 3.63) is 29.8 Å². The molecular formula is C13H20N2O2S2. The molecule has 2 unspecified atom stereocenters. The molecule has 2 rings (SSSR count). The van der Waals surface area contributed by atoms with E-state index in [1.165, 1.54) is 0 Å². The average Bonchev–Trinajstić information content (AvgIpc) is 2.85. The van der Waals surface area contributed by atoms with E-state index in [2.05, 4.69) is 4.72 Å². The van der Waals surface area contributed by atoms with Crippen LogP contribution in [0.4, 0.5) is 0 Å². The molecule has 0 aliphatic heterocycles. The number of benzene rings is 1. The van der Waals surface area contributed by atoms with Gasteiger partial charge in [-0.1, -0.05) is 18.6 Å². The molecule has 1 aliphatic rings. The van der Waals surface area contributed by atoms with E-state index in [1.54, 1.807) is 36.0 Å². The third-order valence-corrected chi connectivity index (χ3v) is 6.21. The lowest BCUT2D eigenvalue weighted by atomic mass is 10.2. The normalized spacial score (nSPS) is 23.7. The SMILES string of the molecule is CSC1CCCC1NS(=O)(=O)c1ccc(CN)cc1. The zero-order valence-electron chi connectivity index (χ0n) is 11.0. The van der Waals surface area contributed by atoms with Crippen molar-refractivity contribution < 1.29 is 8.42 Å².